The molecule has 0 aromatic heterocycles. The van der Waals surface area contributed by atoms with Crippen LogP contribution in [0.4, 0.5) is 0 Å². The van der Waals surface area contributed by atoms with Crippen molar-refractivity contribution in [2.45, 2.75) is 25.6 Å². The van der Waals surface area contributed by atoms with Crippen molar-refractivity contribution in [1.29, 1.82) is 0 Å². The minimum absolute atomic E-state index is 0.0726. The number of carbonyl (C=O) groups excluding carboxylic acids is 1. The molecule has 2 saturated heterocycles. The highest BCUT2D eigenvalue weighted by Crippen LogP contribution is 2.35. The number of hydrogen-bond donors (Lipinski definition) is 0. The van der Waals surface area contributed by atoms with Gasteiger partial charge in [0.1, 0.15) is 16.7 Å². The molecule has 2 aromatic rings. The second kappa shape index (κ2) is 9.83. The maximum Gasteiger partial charge on any atom is 0.266 e. The molecule has 0 aliphatic carbocycles. The average molecular weight is 525 g/mol. The quantitative estimate of drug-likeness (QED) is 0.339. The van der Waals surface area contributed by atoms with E-state index in [9.17, 15) is 4.79 Å². The Morgan fingerprint density at radius 2 is 2.10 bits per heavy atom. The Morgan fingerprint density at radius 3 is 2.80 bits per heavy atom. The van der Waals surface area contributed by atoms with Crippen molar-refractivity contribution in [2.75, 3.05) is 13.2 Å². The van der Waals surface area contributed by atoms with E-state index in [2.05, 4.69) is 15.9 Å². The molecule has 4 nitrogen and oxygen atoms in total. The van der Waals surface area contributed by atoms with Crippen LogP contribution < -0.4 is 4.74 Å². The second-order valence-corrected chi connectivity index (χ2v) is 10.0. The lowest BCUT2D eigenvalue weighted by atomic mass is 10.2. The first-order chi connectivity index (χ1) is 14.5. The van der Waals surface area contributed by atoms with Gasteiger partial charge in [0.15, 0.2) is 0 Å². The smallest absolute Gasteiger partial charge is 0.266 e. The predicted octanol–water partition coefficient (Wildman–Crippen LogP) is 6.06. The topological polar surface area (TPSA) is 38.8 Å². The van der Waals surface area contributed by atoms with Crippen LogP contribution in [0, 0.1) is 0 Å². The van der Waals surface area contributed by atoms with E-state index in [1.165, 1.54) is 11.8 Å². The highest BCUT2D eigenvalue weighted by molar-refractivity contribution is 9.10. The van der Waals surface area contributed by atoms with Gasteiger partial charge >= 0.3 is 0 Å². The van der Waals surface area contributed by atoms with Crippen LogP contribution in [0.1, 0.15) is 24.0 Å². The molecule has 8 heteroatoms. The number of carbonyl (C=O) groups is 1. The molecular weight excluding hydrogens is 506 g/mol. The minimum atomic E-state index is -0.0767. The molecule has 0 bridgehead atoms. The van der Waals surface area contributed by atoms with Gasteiger partial charge < -0.3 is 9.47 Å². The summed E-state index contributed by atoms with van der Waals surface area (Å²) in [5.41, 5.74) is 1.88. The Hall–Kier alpha value is -1.38. The van der Waals surface area contributed by atoms with Crippen LogP contribution in [0.3, 0.4) is 0 Å². The molecule has 2 fully saturated rings. The molecule has 0 saturated carbocycles. The van der Waals surface area contributed by atoms with E-state index < -0.39 is 0 Å². The number of thioether (sulfide) groups is 1. The van der Waals surface area contributed by atoms with Crippen molar-refractivity contribution in [1.82, 2.24) is 4.90 Å². The Labute approximate surface area is 198 Å². The molecule has 0 N–H and O–H groups in total. The summed E-state index contributed by atoms with van der Waals surface area (Å²) >= 11 is 16.5. The van der Waals surface area contributed by atoms with Gasteiger partial charge in [-0.1, -0.05) is 69.7 Å². The lowest BCUT2D eigenvalue weighted by molar-refractivity contribution is -0.123. The average Bonchev–Trinajstić information content (AvgIpc) is 3.33. The summed E-state index contributed by atoms with van der Waals surface area (Å²) in [5, 5.41) is 0.496. The molecule has 30 heavy (non-hydrogen) atoms. The monoisotopic (exact) mass is 523 g/mol. The van der Waals surface area contributed by atoms with Crippen LogP contribution >= 0.6 is 51.5 Å². The van der Waals surface area contributed by atoms with Gasteiger partial charge in [0.2, 0.25) is 0 Å². The van der Waals surface area contributed by atoms with Gasteiger partial charge in [0, 0.05) is 11.1 Å². The van der Waals surface area contributed by atoms with Gasteiger partial charge in [-0.25, -0.2) is 0 Å². The fourth-order valence-corrected chi connectivity index (χ4v) is 5.05. The maximum atomic E-state index is 12.8. The molecule has 0 unspecified atom stereocenters. The molecule has 2 aromatic carbocycles. The van der Waals surface area contributed by atoms with Gasteiger partial charge in [-0.05, 0) is 54.3 Å². The Kier molecular flexibility index (Phi) is 7.16. The van der Waals surface area contributed by atoms with E-state index in [4.69, 9.17) is 33.3 Å². The first-order valence-corrected chi connectivity index (χ1v) is 11.9. The number of ether oxygens (including phenoxy) is 2. The summed E-state index contributed by atoms with van der Waals surface area (Å²) in [6.07, 6.45) is 3.89. The Balaban J connectivity index is 1.42. The fourth-order valence-electron chi connectivity index (χ4n) is 3.27. The summed E-state index contributed by atoms with van der Waals surface area (Å²) < 4.78 is 13.1. The van der Waals surface area contributed by atoms with Crippen LogP contribution in [0.25, 0.3) is 6.08 Å². The fraction of sp³-hybridized carbons (Fsp3) is 0.273. The van der Waals surface area contributed by atoms with E-state index in [1.54, 1.807) is 11.0 Å². The molecule has 2 aliphatic heterocycles. The normalized spacial score (nSPS) is 20.4. The first kappa shape index (κ1) is 21.8. The van der Waals surface area contributed by atoms with Crippen molar-refractivity contribution in [3.05, 3.63) is 68.0 Å². The zero-order chi connectivity index (χ0) is 21.1. The molecular formula is C22H19BrClNO3S2. The van der Waals surface area contributed by atoms with Gasteiger partial charge in [-0.3, -0.25) is 9.69 Å². The summed E-state index contributed by atoms with van der Waals surface area (Å²) in [5.74, 6) is 0.523. The molecule has 2 aliphatic rings. The number of rotatable bonds is 6. The van der Waals surface area contributed by atoms with Gasteiger partial charge in [-0.2, -0.15) is 0 Å². The van der Waals surface area contributed by atoms with Crippen LogP contribution in [0.2, 0.25) is 5.02 Å². The van der Waals surface area contributed by atoms with E-state index in [0.29, 0.717) is 33.1 Å². The third kappa shape index (κ3) is 5.26. The summed E-state index contributed by atoms with van der Waals surface area (Å²) in [4.78, 5) is 15.0. The largest absolute Gasteiger partial charge is 0.487 e. The second-order valence-electron chi connectivity index (χ2n) is 7.03. The Morgan fingerprint density at radius 1 is 1.30 bits per heavy atom. The molecule has 2 heterocycles. The van der Waals surface area contributed by atoms with Crippen molar-refractivity contribution < 1.29 is 14.3 Å². The third-order valence-electron chi connectivity index (χ3n) is 4.85. The number of nitrogens with zero attached hydrogens (tertiary/aromatic N) is 1. The molecule has 0 radical (unpaired) electrons. The number of hydrogen-bond acceptors (Lipinski definition) is 5. The standard InChI is InChI=1S/C22H19BrClNO3S2/c23-16-6-3-14(4-7-16)13-28-19-8-5-15(10-18(19)24)11-20-21(26)25(22(29)30-20)12-17-2-1-9-27-17/h3-8,10-11,17H,1-2,9,12-13H2/b20-11-/t17-/m1/s1. The molecule has 0 spiro atoms. The number of halogens is 2. The number of benzene rings is 2. The van der Waals surface area contributed by atoms with Crippen LogP contribution in [0.15, 0.2) is 51.8 Å². The molecule has 156 valence electrons. The predicted molar refractivity (Wildman–Crippen MR) is 129 cm³/mol. The van der Waals surface area contributed by atoms with E-state index in [-0.39, 0.29) is 12.0 Å². The van der Waals surface area contributed by atoms with Crippen molar-refractivity contribution in [3.63, 3.8) is 0 Å². The van der Waals surface area contributed by atoms with Gasteiger partial charge in [-0.15, -0.1) is 0 Å². The molecule has 4 rings (SSSR count). The summed E-state index contributed by atoms with van der Waals surface area (Å²) in [7, 11) is 0. The summed E-state index contributed by atoms with van der Waals surface area (Å²) in [6, 6.07) is 13.4. The highest BCUT2D eigenvalue weighted by Gasteiger charge is 2.34. The minimum Gasteiger partial charge on any atom is -0.487 e. The van der Waals surface area contributed by atoms with Crippen molar-refractivity contribution >= 4 is 67.8 Å². The van der Waals surface area contributed by atoms with Crippen LogP contribution in [-0.4, -0.2) is 34.4 Å². The van der Waals surface area contributed by atoms with Crippen molar-refractivity contribution in [3.8, 4) is 5.75 Å². The zero-order valence-electron chi connectivity index (χ0n) is 16.0. The highest BCUT2D eigenvalue weighted by atomic mass is 79.9. The molecule has 1 atom stereocenters. The number of amides is 1. The van der Waals surface area contributed by atoms with E-state index >= 15 is 0 Å². The van der Waals surface area contributed by atoms with Crippen molar-refractivity contribution in [2.24, 2.45) is 0 Å². The van der Waals surface area contributed by atoms with Crippen LogP contribution in [0.5, 0.6) is 5.75 Å². The maximum absolute atomic E-state index is 12.8. The van der Waals surface area contributed by atoms with Gasteiger partial charge in [0.05, 0.1) is 22.6 Å². The summed E-state index contributed by atoms with van der Waals surface area (Å²) in [6.45, 7) is 1.70. The lowest BCUT2D eigenvalue weighted by Gasteiger charge is -2.18. The van der Waals surface area contributed by atoms with Crippen LogP contribution in [-0.2, 0) is 16.1 Å². The Bertz CT molecular complexity index is 990. The molecule has 1 amide bonds. The number of thiocarbonyl (C=S) groups is 1. The van der Waals surface area contributed by atoms with Gasteiger partial charge in [0.25, 0.3) is 5.91 Å². The first-order valence-electron chi connectivity index (χ1n) is 9.53. The third-order valence-corrected chi connectivity index (χ3v) is 7.05. The van der Waals surface area contributed by atoms with E-state index in [1.807, 2.05) is 42.5 Å². The zero-order valence-corrected chi connectivity index (χ0v) is 20.0. The van der Waals surface area contributed by atoms with E-state index in [0.717, 1.165) is 35.0 Å². The SMILES string of the molecule is O=C1/C(=C/c2ccc(OCc3ccc(Br)cc3)c(Cl)c2)SC(=S)N1C[C@H]1CCCO1. The lowest BCUT2D eigenvalue weighted by Crippen LogP contribution is -2.35.